The number of anilines is 1. The first kappa shape index (κ1) is 14.8. The molecule has 0 saturated heterocycles. The highest BCUT2D eigenvalue weighted by atomic mass is 35.5. The van der Waals surface area contributed by atoms with Crippen LogP contribution < -0.4 is 5.32 Å². The Morgan fingerprint density at radius 1 is 1.09 bits per heavy atom. The molecular weight excluding hydrogens is 316 g/mol. The number of hydrogen-bond acceptors (Lipinski definition) is 3. The minimum Gasteiger partial charge on any atom is -0.321 e. The van der Waals surface area contributed by atoms with Gasteiger partial charge in [-0.25, -0.2) is 4.98 Å². The van der Waals surface area contributed by atoms with Crippen molar-refractivity contribution < 1.29 is 4.79 Å². The fourth-order valence-corrected chi connectivity index (χ4v) is 3.14. The van der Waals surface area contributed by atoms with Gasteiger partial charge < -0.3 is 5.32 Å². The molecular formula is C17H13ClN2OS. The van der Waals surface area contributed by atoms with Crippen molar-refractivity contribution in [2.75, 3.05) is 5.32 Å². The number of aryl methyl sites for hydroxylation is 1. The summed E-state index contributed by atoms with van der Waals surface area (Å²) in [6.07, 6.45) is 0. The lowest BCUT2D eigenvalue weighted by molar-refractivity contribution is 0.102. The second-order valence-corrected chi connectivity index (χ2v) is 6.38. The Labute approximate surface area is 137 Å². The van der Waals surface area contributed by atoms with E-state index in [9.17, 15) is 4.79 Å². The van der Waals surface area contributed by atoms with E-state index in [4.69, 9.17) is 11.6 Å². The average molecular weight is 329 g/mol. The van der Waals surface area contributed by atoms with Crippen molar-refractivity contribution in [3.8, 4) is 10.4 Å². The standard InChI is InChI=1S/C17H13ClN2OS/c1-11-19-15(16(22-11)12-5-3-2-4-6-12)17(21)20-14-9-7-13(18)8-10-14/h2-10H,1H3,(H,20,21). The van der Waals surface area contributed by atoms with Crippen molar-refractivity contribution in [2.45, 2.75) is 6.92 Å². The van der Waals surface area contributed by atoms with Gasteiger partial charge >= 0.3 is 0 Å². The SMILES string of the molecule is Cc1nc(C(=O)Nc2ccc(Cl)cc2)c(-c2ccccc2)s1. The van der Waals surface area contributed by atoms with Crippen molar-refractivity contribution in [1.29, 1.82) is 0 Å². The number of hydrogen-bond donors (Lipinski definition) is 1. The van der Waals surface area contributed by atoms with Crippen LogP contribution in [0.5, 0.6) is 0 Å². The van der Waals surface area contributed by atoms with Crippen LogP contribution in [0.25, 0.3) is 10.4 Å². The van der Waals surface area contributed by atoms with E-state index in [1.165, 1.54) is 11.3 Å². The molecule has 1 amide bonds. The third-order valence-corrected chi connectivity index (χ3v) is 4.36. The van der Waals surface area contributed by atoms with E-state index < -0.39 is 0 Å². The van der Waals surface area contributed by atoms with Crippen molar-refractivity contribution in [3.05, 3.63) is 70.3 Å². The van der Waals surface area contributed by atoms with Gasteiger partial charge in [0.2, 0.25) is 0 Å². The quantitative estimate of drug-likeness (QED) is 0.733. The number of amides is 1. The Morgan fingerprint density at radius 2 is 1.77 bits per heavy atom. The lowest BCUT2D eigenvalue weighted by Gasteiger charge is -2.05. The van der Waals surface area contributed by atoms with Gasteiger partial charge in [0.15, 0.2) is 0 Å². The molecule has 1 heterocycles. The summed E-state index contributed by atoms with van der Waals surface area (Å²) < 4.78 is 0. The zero-order chi connectivity index (χ0) is 15.5. The number of carbonyl (C=O) groups is 1. The molecule has 1 N–H and O–H groups in total. The maximum Gasteiger partial charge on any atom is 0.275 e. The Hall–Kier alpha value is -2.17. The van der Waals surface area contributed by atoms with Crippen molar-refractivity contribution in [1.82, 2.24) is 4.98 Å². The molecule has 0 atom stereocenters. The van der Waals surface area contributed by atoms with Crippen LogP contribution in [-0.4, -0.2) is 10.9 Å². The van der Waals surface area contributed by atoms with E-state index in [1.54, 1.807) is 24.3 Å². The molecule has 0 unspecified atom stereocenters. The Kier molecular flexibility index (Phi) is 4.22. The van der Waals surface area contributed by atoms with Gasteiger partial charge in [0, 0.05) is 10.7 Å². The van der Waals surface area contributed by atoms with Crippen LogP contribution in [0.3, 0.4) is 0 Å². The molecule has 2 aromatic carbocycles. The molecule has 0 fully saturated rings. The number of rotatable bonds is 3. The Balaban J connectivity index is 1.91. The summed E-state index contributed by atoms with van der Waals surface area (Å²) in [4.78, 5) is 17.8. The van der Waals surface area contributed by atoms with Gasteiger partial charge in [-0.2, -0.15) is 0 Å². The number of aromatic nitrogens is 1. The molecule has 0 aliphatic heterocycles. The molecule has 0 spiro atoms. The van der Waals surface area contributed by atoms with Crippen LogP contribution >= 0.6 is 22.9 Å². The van der Waals surface area contributed by atoms with Crippen LogP contribution in [0, 0.1) is 6.92 Å². The molecule has 22 heavy (non-hydrogen) atoms. The van der Waals surface area contributed by atoms with Gasteiger partial charge in [-0.15, -0.1) is 11.3 Å². The second-order valence-electron chi connectivity index (χ2n) is 4.74. The maximum absolute atomic E-state index is 12.5. The number of nitrogens with zero attached hydrogens (tertiary/aromatic N) is 1. The first-order chi connectivity index (χ1) is 10.6. The highest BCUT2D eigenvalue weighted by molar-refractivity contribution is 7.15. The number of carbonyl (C=O) groups excluding carboxylic acids is 1. The minimum atomic E-state index is -0.217. The average Bonchev–Trinajstić information content (AvgIpc) is 2.92. The topological polar surface area (TPSA) is 42.0 Å². The van der Waals surface area contributed by atoms with Crippen LogP contribution in [0.1, 0.15) is 15.5 Å². The molecule has 3 rings (SSSR count). The molecule has 0 aliphatic rings. The molecule has 0 saturated carbocycles. The fraction of sp³-hybridized carbons (Fsp3) is 0.0588. The van der Waals surface area contributed by atoms with Gasteiger partial charge in [0.05, 0.1) is 9.88 Å². The van der Waals surface area contributed by atoms with Crippen LogP contribution in [-0.2, 0) is 0 Å². The van der Waals surface area contributed by atoms with Crippen LogP contribution in [0.4, 0.5) is 5.69 Å². The molecule has 0 radical (unpaired) electrons. The molecule has 0 aliphatic carbocycles. The summed E-state index contributed by atoms with van der Waals surface area (Å²) >= 11 is 7.37. The number of nitrogens with one attached hydrogen (secondary N) is 1. The van der Waals surface area contributed by atoms with E-state index in [2.05, 4.69) is 10.3 Å². The predicted molar refractivity (Wildman–Crippen MR) is 91.7 cm³/mol. The van der Waals surface area contributed by atoms with E-state index in [1.807, 2.05) is 37.3 Å². The third-order valence-electron chi connectivity index (χ3n) is 3.09. The van der Waals surface area contributed by atoms with Gasteiger partial charge in [-0.05, 0) is 36.8 Å². The molecule has 0 bridgehead atoms. The first-order valence-corrected chi connectivity index (χ1v) is 7.93. The Morgan fingerprint density at radius 3 is 2.45 bits per heavy atom. The highest BCUT2D eigenvalue weighted by Gasteiger charge is 2.18. The van der Waals surface area contributed by atoms with E-state index >= 15 is 0 Å². The summed E-state index contributed by atoms with van der Waals surface area (Å²) in [7, 11) is 0. The molecule has 110 valence electrons. The van der Waals surface area contributed by atoms with Gasteiger partial charge in [0.25, 0.3) is 5.91 Å². The van der Waals surface area contributed by atoms with E-state index in [-0.39, 0.29) is 5.91 Å². The summed E-state index contributed by atoms with van der Waals surface area (Å²) in [5.74, 6) is -0.217. The van der Waals surface area contributed by atoms with Crippen LogP contribution in [0.2, 0.25) is 5.02 Å². The fourth-order valence-electron chi connectivity index (χ4n) is 2.09. The smallest absolute Gasteiger partial charge is 0.275 e. The monoisotopic (exact) mass is 328 g/mol. The van der Waals surface area contributed by atoms with Crippen LogP contribution in [0.15, 0.2) is 54.6 Å². The Bertz CT molecular complexity index is 797. The largest absolute Gasteiger partial charge is 0.321 e. The van der Waals surface area contributed by atoms with E-state index in [0.717, 1.165) is 15.4 Å². The van der Waals surface area contributed by atoms with Gasteiger partial charge in [-0.1, -0.05) is 41.9 Å². The minimum absolute atomic E-state index is 0.217. The first-order valence-electron chi connectivity index (χ1n) is 6.73. The lowest BCUT2D eigenvalue weighted by Crippen LogP contribution is -2.13. The molecule has 1 aromatic heterocycles. The second kappa shape index (κ2) is 6.30. The highest BCUT2D eigenvalue weighted by Crippen LogP contribution is 2.30. The van der Waals surface area contributed by atoms with Gasteiger partial charge in [0.1, 0.15) is 5.69 Å². The van der Waals surface area contributed by atoms with E-state index in [0.29, 0.717) is 16.4 Å². The molecule has 5 heteroatoms. The maximum atomic E-state index is 12.5. The van der Waals surface area contributed by atoms with Crippen molar-refractivity contribution in [3.63, 3.8) is 0 Å². The van der Waals surface area contributed by atoms with Crippen molar-refractivity contribution >= 4 is 34.5 Å². The summed E-state index contributed by atoms with van der Waals surface area (Å²) in [5.41, 5.74) is 2.14. The summed E-state index contributed by atoms with van der Waals surface area (Å²) in [5, 5.41) is 4.35. The normalized spacial score (nSPS) is 10.5. The summed E-state index contributed by atoms with van der Waals surface area (Å²) in [6.45, 7) is 1.90. The number of halogens is 1. The summed E-state index contributed by atoms with van der Waals surface area (Å²) in [6, 6.07) is 16.8. The van der Waals surface area contributed by atoms with Gasteiger partial charge in [-0.3, -0.25) is 4.79 Å². The lowest BCUT2D eigenvalue weighted by atomic mass is 10.1. The zero-order valence-corrected chi connectivity index (χ0v) is 13.4. The number of thiazole rings is 1. The predicted octanol–water partition coefficient (Wildman–Crippen LogP) is 5.02. The number of benzene rings is 2. The molecule has 3 nitrogen and oxygen atoms in total. The molecule has 3 aromatic rings. The zero-order valence-electron chi connectivity index (χ0n) is 11.8. The van der Waals surface area contributed by atoms with Crippen molar-refractivity contribution in [2.24, 2.45) is 0 Å². The third kappa shape index (κ3) is 3.18.